The maximum absolute atomic E-state index is 3.01. The molecule has 1 heterocycles. The van der Waals surface area contributed by atoms with Gasteiger partial charge in [0.05, 0.1) is 0 Å². The topological polar surface area (TPSA) is 6.48 Å². The molecule has 0 spiro atoms. The largest absolute Gasteiger partial charge is 0.310 e. The van der Waals surface area contributed by atoms with Gasteiger partial charge in [0.25, 0.3) is 0 Å². The Hall–Kier alpha value is -2.46. The Kier molecular flexibility index (Phi) is 7.51. The first-order valence-electron chi connectivity index (χ1n) is 16.6. The van der Waals surface area contributed by atoms with E-state index in [1.165, 1.54) is 28.7 Å². The smallest absolute Gasteiger partial charge is 0.161 e. The van der Waals surface area contributed by atoms with Gasteiger partial charge in [-0.3, -0.25) is 4.90 Å². The molecule has 0 N–H and O–H groups in total. The van der Waals surface area contributed by atoms with E-state index in [4.69, 9.17) is 0 Å². The molecule has 3 aliphatic rings. The van der Waals surface area contributed by atoms with E-state index in [-0.39, 0.29) is 16.5 Å². The van der Waals surface area contributed by atoms with Crippen molar-refractivity contribution in [2.24, 2.45) is 5.92 Å². The van der Waals surface area contributed by atoms with E-state index < -0.39 is 8.24 Å². The molecule has 3 aromatic rings. The highest BCUT2D eigenvalue weighted by Gasteiger charge is 2.60. The molecule has 43 heavy (non-hydrogen) atoms. The minimum atomic E-state index is -2.32. The van der Waals surface area contributed by atoms with Crippen molar-refractivity contribution in [3.05, 3.63) is 107 Å². The van der Waals surface area contributed by atoms with Gasteiger partial charge < -0.3 is 4.57 Å². The second-order valence-corrected chi connectivity index (χ2v) is 20.9. The lowest BCUT2D eigenvalue weighted by Crippen LogP contribution is -2.73. The first-order chi connectivity index (χ1) is 20.1. The van der Waals surface area contributed by atoms with Crippen LogP contribution in [0.25, 0.3) is 6.08 Å². The SMILES string of the molecule is CC(C)(C)c1ccc([Si](C)(C2CC(N3Cc4ccccc4C3)C3c4ccccc4C=CC32)N(C(C)(C)C)C(C)(C)C)cc1. The monoisotopic (exact) mass is 590 g/mol. The number of rotatable bonds is 4. The predicted octanol–water partition coefficient (Wildman–Crippen LogP) is 9.25. The standard InChI is InChI=1S/C40H54N2Si/c1-38(2,3)31-20-22-32(23-21-31)43(10,42(39(4,5)6)40(7,8)9)36-25-35(41-26-29-16-11-12-17-30(29)27-41)37-33-18-14-13-15-28(33)19-24-34(36)37/h11-24,34-37H,25-27H2,1-10H3. The summed E-state index contributed by atoms with van der Waals surface area (Å²) in [5.74, 6) is 1.04. The van der Waals surface area contributed by atoms with Crippen LogP contribution in [0.2, 0.25) is 12.1 Å². The average molecular weight is 591 g/mol. The zero-order chi connectivity index (χ0) is 30.9. The summed E-state index contributed by atoms with van der Waals surface area (Å²) in [5, 5.41) is 1.59. The van der Waals surface area contributed by atoms with E-state index >= 15 is 0 Å². The van der Waals surface area contributed by atoms with Crippen LogP contribution in [-0.4, -0.2) is 34.8 Å². The lowest BCUT2D eigenvalue weighted by Gasteiger charge is -2.58. The zero-order valence-electron chi connectivity index (χ0n) is 28.4. The summed E-state index contributed by atoms with van der Waals surface area (Å²) in [6, 6.07) is 28.9. The average Bonchev–Trinajstić information content (AvgIpc) is 3.53. The van der Waals surface area contributed by atoms with Gasteiger partial charge in [0.15, 0.2) is 8.24 Å². The second kappa shape index (κ2) is 10.6. The molecular weight excluding hydrogens is 537 g/mol. The molecule has 3 heteroatoms. The fourth-order valence-corrected chi connectivity index (χ4v) is 16.1. The first-order valence-corrected chi connectivity index (χ1v) is 19.1. The van der Waals surface area contributed by atoms with Crippen LogP contribution in [0.1, 0.15) is 102 Å². The van der Waals surface area contributed by atoms with E-state index in [0.717, 1.165) is 13.1 Å². The highest BCUT2D eigenvalue weighted by atomic mass is 28.3. The van der Waals surface area contributed by atoms with E-state index in [1.54, 1.807) is 10.8 Å². The third-order valence-electron chi connectivity index (χ3n) is 10.8. The highest BCUT2D eigenvalue weighted by molar-refractivity contribution is 6.90. The Balaban J connectivity index is 1.52. The minimum Gasteiger partial charge on any atom is -0.310 e. The van der Waals surface area contributed by atoms with Crippen molar-refractivity contribution in [1.82, 2.24) is 9.47 Å². The van der Waals surface area contributed by atoms with E-state index in [2.05, 4.69) is 163 Å². The third kappa shape index (κ3) is 5.30. The van der Waals surface area contributed by atoms with E-state index in [9.17, 15) is 0 Å². The maximum atomic E-state index is 3.01. The summed E-state index contributed by atoms with van der Waals surface area (Å²) in [4.78, 5) is 2.84. The Labute approximate surface area is 263 Å². The molecule has 0 amide bonds. The quantitative estimate of drug-likeness (QED) is 0.280. The molecule has 0 radical (unpaired) electrons. The van der Waals surface area contributed by atoms with Crippen molar-refractivity contribution in [3.63, 3.8) is 0 Å². The van der Waals surface area contributed by atoms with Crippen molar-refractivity contribution in [2.75, 3.05) is 0 Å². The van der Waals surface area contributed by atoms with Crippen LogP contribution >= 0.6 is 0 Å². The Morgan fingerprint density at radius 1 is 0.721 bits per heavy atom. The third-order valence-corrected chi connectivity index (χ3v) is 16.7. The number of nitrogens with zero attached hydrogens (tertiary/aromatic N) is 2. The van der Waals surface area contributed by atoms with Gasteiger partial charge >= 0.3 is 0 Å². The summed E-state index contributed by atoms with van der Waals surface area (Å²) in [5.41, 5.74) is 8.27. The summed E-state index contributed by atoms with van der Waals surface area (Å²) in [6.45, 7) is 26.6. The number of allylic oxidation sites excluding steroid dienone is 1. The molecule has 1 saturated carbocycles. The number of hydrogen-bond acceptors (Lipinski definition) is 2. The molecule has 5 atom stereocenters. The van der Waals surface area contributed by atoms with Crippen LogP contribution in [0.4, 0.5) is 0 Å². The van der Waals surface area contributed by atoms with Crippen LogP contribution in [0.5, 0.6) is 0 Å². The van der Waals surface area contributed by atoms with Crippen molar-refractivity contribution in [1.29, 1.82) is 0 Å². The highest BCUT2D eigenvalue weighted by Crippen LogP contribution is 2.58. The van der Waals surface area contributed by atoms with Crippen molar-refractivity contribution < 1.29 is 0 Å². The lowest BCUT2D eigenvalue weighted by atomic mass is 9.79. The normalized spacial score (nSPS) is 25.4. The van der Waals surface area contributed by atoms with Crippen molar-refractivity contribution in [3.8, 4) is 0 Å². The maximum Gasteiger partial charge on any atom is 0.161 e. The van der Waals surface area contributed by atoms with Crippen LogP contribution in [0, 0.1) is 5.92 Å². The van der Waals surface area contributed by atoms with Gasteiger partial charge in [-0.15, -0.1) is 0 Å². The van der Waals surface area contributed by atoms with Crippen molar-refractivity contribution in [2.45, 2.75) is 122 Å². The molecule has 0 saturated heterocycles. The molecule has 228 valence electrons. The fraction of sp³-hybridized carbons (Fsp3) is 0.500. The molecule has 3 aromatic carbocycles. The second-order valence-electron chi connectivity index (χ2n) is 16.8. The first kappa shape index (κ1) is 30.6. The van der Waals surface area contributed by atoms with Crippen LogP contribution in [-0.2, 0) is 18.5 Å². The minimum absolute atomic E-state index is 0.0374. The Bertz CT molecular complexity index is 1460. The zero-order valence-corrected chi connectivity index (χ0v) is 29.4. The van der Waals surface area contributed by atoms with Crippen molar-refractivity contribution >= 4 is 19.5 Å². The van der Waals surface area contributed by atoms with E-state index in [1.807, 2.05) is 0 Å². The lowest BCUT2D eigenvalue weighted by molar-refractivity contribution is 0.124. The van der Waals surface area contributed by atoms with Crippen LogP contribution < -0.4 is 5.19 Å². The molecule has 5 unspecified atom stereocenters. The fourth-order valence-electron chi connectivity index (χ4n) is 9.71. The number of fused-ring (bicyclic) bond motifs is 4. The molecular formula is C40H54N2Si. The molecule has 0 bridgehead atoms. The number of hydrogen-bond donors (Lipinski definition) is 0. The molecule has 1 fully saturated rings. The van der Waals surface area contributed by atoms with E-state index in [0.29, 0.717) is 23.4 Å². The summed E-state index contributed by atoms with van der Waals surface area (Å²) in [6.07, 6.45) is 6.34. The summed E-state index contributed by atoms with van der Waals surface area (Å²) in [7, 11) is -2.32. The van der Waals surface area contributed by atoms with Gasteiger partial charge in [-0.1, -0.05) is 112 Å². The molecule has 6 rings (SSSR count). The van der Waals surface area contributed by atoms with Gasteiger partial charge in [0.1, 0.15) is 0 Å². The van der Waals surface area contributed by atoms with Gasteiger partial charge in [-0.25, -0.2) is 0 Å². The van der Waals surface area contributed by atoms with Gasteiger partial charge in [-0.05, 0) is 97.8 Å². The van der Waals surface area contributed by atoms with Crippen LogP contribution in [0.15, 0.2) is 78.9 Å². The van der Waals surface area contributed by atoms with Gasteiger partial charge in [0.2, 0.25) is 0 Å². The summed E-state index contributed by atoms with van der Waals surface area (Å²) < 4.78 is 3.01. The predicted molar refractivity (Wildman–Crippen MR) is 187 cm³/mol. The van der Waals surface area contributed by atoms with Gasteiger partial charge in [0, 0.05) is 36.1 Å². The Morgan fingerprint density at radius 3 is 1.84 bits per heavy atom. The van der Waals surface area contributed by atoms with Crippen LogP contribution in [0.3, 0.4) is 0 Å². The molecule has 2 nitrogen and oxygen atoms in total. The summed E-state index contributed by atoms with van der Waals surface area (Å²) >= 11 is 0. The molecule has 2 aliphatic carbocycles. The molecule has 1 aliphatic heterocycles. The number of benzene rings is 3. The van der Waals surface area contributed by atoms with Gasteiger partial charge in [-0.2, -0.15) is 0 Å². The Morgan fingerprint density at radius 2 is 1.28 bits per heavy atom. The molecule has 0 aromatic heterocycles.